The second kappa shape index (κ2) is 8.59. The Morgan fingerprint density at radius 2 is 2.00 bits per heavy atom. The Morgan fingerprint density at radius 3 is 2.68 bits per heavy atom. The Morgan fingerprint density at radius 1 is 1.25 bits per heavy atom. The number of hydrogen-bond acceptors (Lipinski definition) is 6. The van der Waals surface area contributed by atoms with Crippen LogP contribution in [-0.4, -0.2) is 49.5 Å². The minimum atomic E-state index is -4.18. The van der Waals surface area contributed by atoms with E-state index in [1.165, 1.54) is 18.6 Å². The molecule has 2 atom stereocenters. The number of sulfonamides is 1. The highest BCUT2D eigenvalue weighted by Gasteiger charge is 2.28. The lowest BCUT2D eigenvalue weighted by atomic mass is 9.89. The summed E-state index contributed by atoms with van der Waals surface area (Å²) in [6.07, 6.45) is 6.79. The third kappa shape index (κ3) is 4.71. The van der Waals surface area contributed by atoms with Crippen LogP contribution in [0.5, 0.6) is 0 Å². The van der Waals surface area contributed by atoms with Crippen LogP contribution in [0.3, 0.4) is 0 Å². The first kappa shape index (κ1) is 20.8. The Hall–Kier alpha value is -1.97. The molecular weight excluding hydrogens is 405 g/mol. The van der Waals surface area contributed by atoms with Gasteiger partial charge < -0.3 is 10.2 Å². The van der Waals surface area contributed by atoms with Crippen molar-refractivity contribution >= 4 is 33.1 Å². The van der Waals surface area contributed by atoms with Crippen molar-refractivity contribution in [2.75, 3.05) is 24.1 Å². The van der Waals surface area contributed by atoms with Crippen molar-refractivity contribution in [1.29, 1.82) is 0 Å². The average Bonchev–Trinajstić information content (AvgIpc) is 2.65. The van der Waals surface area contributed by atoms with E-state index in [1.807, 2.05) is 14.1 Å². The first-order chi connectivity index (χ1) is 13.3. The fourth-order valence-corrected chi connectivity index (χ4v) is 4.86. The number of anilines is 2. The average molecular weight is 428 g/mol. The molecule has 1 heterocycles. The largest absolute Gasteiger partial charge is 0.379 e. The summed E-state index contributed by atoms with van der Waals surface area (Å²) < 4.78 is 41.9. The summed E-state index contributed by atoms with van der Waals surface area (Å²) in [5.74, 6) is -0.838. The molecule has 0 unspecified atom stereocenters. The van der Waals surface area contributed by atoms with Gasteiger partial charge in [0.15, 0.2) is 0 Å². The monoisotopic (exact) mass is 427 g/mol. The Labute approximate surface area is 169 Å². The predicted octanol–water partition coefficient (Wildman–Crippen LogP) is 3.35. The molecule has 28 heavy (non-hydrogen) atoms. The smallest absolute Gasteiger partial charge is 0.266 e. The van der Waals surface area contributed by atoms with Gasteiger partial charge in [-0.2, -0.15) is 0 Å². The Kier molecular flexibility index (Phi) is 6.36. The Bertz CT molecular complexity index is 927. The van der Waals surface area contributed by atoms with Gasteiger partial charge in [0, 0.05) is 18.3 Å². The van der Waals surface area contributed by atoms with Crippen molar-refractivity contribution in [3.05, 3.63) is 41.6 Å². The van der Waals surface area contributed by atoms with E-state index in [0.29, 0.717) is 11.7 Å². The van der Waals surface area contributed by atoms with Gasteiger partial charge in [0.05, 0.1) is 10.7 Å². The van der Waals surface area contributed by atoms with Crippen LogP contribution >= 0.6 is 11.6 Å². The number of nitrogens with zero attached hydrogens (tertiary/aromatic N) is 3. The summed E-state index contributed by atoms with van der Waals surface area (Å²) in [4.78, 5) is 9.11. The molecule has 0 saturated heterocycles. The minimum absolute atomic E-state index is 0.0451. The summed E-state index contributed by atoms with van der Waals surface area (Å²) >= 11 is 6.30. The lowest BCUT2D eigenvalue weighted by Gasteiger charge is -2.37. The number of aromatic nitrogens is 2. The number of rotatable bonds is 6. The molecule has 1 saturated carbocycles. The van der Waals surface area contributed by atoms with E-state index in [2.05, 4.69) is 24.9 Å². The zero-order valence-corrected chi connectivity index (χ0v) is 17.3. The number of hydrogen-bond donors (Lipinski definition) is 2. The van der Waals surface area contributed by atoms with E-state index in [4.69, 9.17) is 11.6 Å². The molecule has 0 radical (unpaired) electrons. The fraction of sp³-hybridized carbons (Fsp3) is 0.444. The van der Waals surface area contributed by atoms with Gasteiger partial charge in [0.1, 0.15) is 22.9 Å². The van der Waals surface area contributed by atoms with E-state index in [9.17, 15) is 12.8 Å². The molecule has 152 valence electrons. The van der Waals surface area contributed by atoms with E-state index in [-0.39, 0.29) is 16.9 Å². The summed E-state index contributed by atoms with van der Waals surface area (Å²) in [6.45, 7) is 0. The van der Waals surface area contributed by atoms with Crippen molar-refractivity contribution in [3.8, 4) is 0 Å². The molecular formula is C18H23ClFN5O2S. The molecule has 0 spiro atoms. The minimum Gasteiger partial charge on any atom is -0.379 e. The molecule has 0 amide bonds. The van der Waals surface area contributed by atoms with Crippen LogP contribution in [0, 0.1) is 5.82 Å². The summed E-state index contributed by atoms with van der Waals surface area (Å²) in [5.41, 5.74) is 0.388. The van der Waals surface area contributed by atoms with Gasteiger partial charge in [-0.3, -0.25) is 4.72 Å². The van der Waals surface area contributed by atoms with Crippen LogP contribution in [0.25, 0.3) is 0 Å². The van der Waals surface area contributed by atoms with Crippen molar-refractivity contribution in [3.63, 3.8) is 0 Å². The summed E-state index contributed by atoms with van der Waals surface area (Å²) in [6, 6.07) is 4.05. The van der Waals surface area contributed by atoms with Gasteiger partial charge in [-0.15, -0.1) is 0 Å². The van der Waals surface area contributed by atoms with Crippen LogP contribution in [0.4, 0.5) is 15.9 Å². The van der Waals surface area contributed by atoms with Crippen LogP contribution in [0.2, 0.25) is 5.02 Å². The van der Waals surface area contributed by atoms with Crippen LogP contribution in [-0.2, 0) is 10.0 Å². The van der Waals surface area contributed by atoms with Crippen molar-refractivity contribution in [1.82, 2.24) is 14.9 Å². The molecule has 0 bridgehead atoms. The third-order valence-electron chi connectivity index (χ3n) is 4.87. The van der Waals surface area contributed by atoms with E-state index in [0.717, 1.165) is 37.8 Å². The maximum absolute atomic E-state index is 14.7. The van der Waals surface area contributed by atoms with Gasteiger partial charge in [-0.25, -0.2) is 22.8 Å². The molecule has 2 aromatic rings. The molecule has 7 nitrogen and oxygen atoms in total. The normalized spacial score (nSPS) is 20.2. The highest BCUT2D eigenvalue weighted by molar-refractivity contribution is 7.92. The molecule has 1 aliphatic rings. The number of halogens is 2. The Balaban J connectivity index is 1.84. The van der Waals surface area contributed by atoms with Crippen LogP contribution in [0.1, 0.15) is 25.7 Å². The van der Waals surface area contributed by atoms with E-state index < -0.39 is 20.7 Å². The molecule has 1 aromatic heterocycles. The van der Waals surface area contributed by atoms with Gasteiger partial charge >= 0.3 is 0 Å². The molecule has 0 aliphatic heterocycles. The maximum Gasteiger partial charge on any atom is 0.266 e. The first-order valence-electron chi connectivity index (χ1n) is 8.99. The van der Waals surface area contributed by atoms with Gasteiger partial charge in [0.25, 0.3) is 10.0 Å². The summed E-state index contributed by atoms with van der Waals surface area (Å²) in [7, 11) is -0.146. The fourth-order valence-electron chi connectivity index (χ4n) is 3.49. The quantitative estimate of drug-likeness (QED) is 0.735. The van der Waals surface area contributed by atoms with Gasteiger partial charge in [0.2, 0.25) is 0 Å². The highest BCUT2D eigenvalue weighted by Crippen LogP contribution is 2.32. The van der Waals surface area contributed by atoms with Crippen molar-refractivity contribution in [2.24, 2.45) is 0 Å². The van der Waals surface area contributed by atoms with Gasteiger partial charge in [-0.1, -0.05) is 24.4 Å². The van der Waals surface area contributed by atoms with Crippen LogP contribution < -0.4 is 10.0 Å². The maximum atomic E-state index is 14.7. The van der Waals surface area contributed by atoms with Gasteiger partial charge in [-0.05, 0) is 45.1 Å². The molecule has 1 aromatic carbocycles. The van der Waals surface area contributed by atoms with E-state index >= 15 is 0 Å². The standard InChI is InChI=1S/C18H23ClFN5O2S/c1-25(2)16-6-4-3-5-14(16)23-15-10-13(20)17(9-12(15)19)28(26,27)24-18-7-8-21-11-22-18/h7-11,14,16,23H,3-6H2,1-2H3,(H,21,22,24)/t14-,16-/m0/s1. The van der Waals surface area contributed by atoms with Crippen molar-refractivity contribution < 1.29 is 12.8 Å². The highest BCUT2D eigenvalue weighted by atomic mass is 35.5. The first-order valence-corrected chi connectivity index (χ1v) is 10.8. The second-order valence-electron chi connectivity index (χ2n) is 7.03. The topological polar surface area (TPSA) is 87.2 Å². The molecule has 1 fully saturated rings. The number of likely N-dealkylation sites (N-methyl/N-ethyl adjacent to an activating group) is 1. The van der Waals surface area contributed by atoms with Crippen LogP contribution in [0.15, 0.2) is 35.6 Å². The predicted molar refractivity (Wildman–Crippen MR) is 108 cm³/mol. The SMILES string of the molecule is CN(C)[C@H]1CCCC[C@@H]1Nc1cc(F)c(S(=O)(=O)Nc2ccncn2)cc1Cl. The lowest BCUT2D eigenvalue weighted by Crippen LogP contribution is -2.45. The lowest BCUT2D eigenvalue weighted by molar-refractivity contribution is 0.211. The zero-order valence-electron chi connectivity index (χ0n) is 15.7. The molecule has 3 rings (SSSR count). The van der Waals surface area contributed by atoms with Crippen molar-refractivity contribution in [2.45, 2.75) is 42.7 Å². The third-order valence-corrected chi connectivity index (χ3v) is 6.55. The molecule has 10 heteroatoms. The van der Waals surface area contributed by atoms with E-state index in [1.54, 1.807) is 0 Å². The summed E-state index contributed by atoms with van der Waals surface area (Å²) in [5, 5.41) is 3.45. The molecule has 2 N–H and O–H groups in total. The second-order valence-corrected chi connectivity index (χ2v) is 9.09. The molecule has 1 aliphatic carbocycles. The zero-order chi connectivity index (χ0) is 20.3. The number of benzene rings is 1. The number of nitrogens with one attached hydrogen (secondary N) is 2.